The lowest BCUT2D eigenvalue weighted by Gasteiger charge is -1.85. The quantitative estimate of drug-likeness (QED) is 0.659. The SMILES string of the molecule is N#Cc1c(Cl)[nH]c2ccccc12. The first-order chi connectivity index (χ1) is 5.83. The Hall–Kier alpha value is -1.46. The Morgan fingerprint density at radius 2 is 2.08 bits per heavy atom. The van der Waals surface area contributed by atoms with Crippen molar-refractivity contribution in [3.8, 4) is 6.07 Å². The second-order valence-electron chi connectivity index (χ2n) is 2.47. The van der Waals surface area contributed by atoms with Gasteiger partial charge < -0.3 is 4.98 Å². The van der Waals surface area contributed by atoms with Crippen molar-refractivity contribution < 1.29 is 0 Å². The predicted molar refractivity (Wildman–Crippen MR) is 48.0 cm³/mol. The van der Waals surface area contributed by atoms with Gasteiger partial charge >= 0.3 is 0 Å². The molecule has 0 aliphatic rings. The van der Waals surface area contributed by atoms with Gasteiger partial charge in [-0.15, -0.1) is 0 Å². The first-order valence-electron chi connectivity index (χ1n) is 3.49. The number of nitriles is 1. The molecule has 2 aromatic rings. The highest BCUT2D eigenvalue weighted by Crippen LogP contribution is 2.24. The molecular formula is C9H5ClN2. The Morgan fingerprint density at radius 1 is 1.33 bits per heavy atom. The average Bonchev–Trinajstić information content (AvgIpc) is 2.40. The fraction of sp³-hybridized carbons (Fsp3) is 0. The van der Waals surface area contributed by atoms with Crippen LogP contribution in [0.1, 0.15) is 5.56 Å². The monoisotopic (exact) mass is 176 g/mol. The van der Waals surface area contributed by atoms with Crippen LogP contribution in [0.4, 0.5) is 0 Å². The summed E-state index contributed by atoms with van der Waals surface area (Å²) < 4.78 is 0. The highest BCUT2D eigenvalue weighted by molar-refractivity contribution is 6.32. The number of aromatic amines is 1. The van der Waals surface area contributed by atoms with E-state index in [1.54, 1.807) is 0 Å². The number of hydrogen-bond acceptors (Lipinski definition) is 1. The van der Waals surface area contributed by atoms with Gasteiger partial charge in [0, 0.05) is 10.9 Å². The van der Waals surface area contributed by atoms with Crippen LogP contribution >= 0.6 is 11.6 Å². The molecule has 0 aliphatic carbocycles. The Kier molecular flexibility index (Phi) is 1.53. The minimum absolute atomic E-state index is 0.415. The van der Waals surface area contributed by atoms with Crippen LogP contribution in [-0.2, 0) is 0 Å². The zero-order chi connectivity index (χ0) is 8.55. The number of H-pyrrole nitrogens is 1. The normalized spacial score (nSPS) is 10.0. The van der Waals surface area contributed by atoms with E-state index < -0.39 is 0 Å². The molecule has 1 aromatic carbocycles. The smallest absolute Gasteiger partial charge is 0.125 e. The molecule has 0 fully saturated rings. The summed E-state index contributed by atoms with van der Waals surface area (Å²) in [5.74, 6) is 0. The van der Waals surface area contributed by atoms with Gasteiger partial charge in [0.05, 0.1) is 5.56 Å². The van der Waals surface area contributed by atoms with Crippen molar-refractivity contribution >= 4 is 22.5 Å². The molecule has 0 atom stereocenters. The summed E-state index contributed by atoms with van der Waals surface area (Å²) in [6.07, 6.45) is 0. The second-order valence-corrected chi connectivity index (χ2v) is 2.85. The lowest BCUT2D eigenvalue weighted by Crippen LogP contribution is -1.68. The first-order valence-corrected chi connectivity index (χ1v) is 3.87. The maximum Gasteiger partial charge on any atom is 0.125 e. The number of halogens is 1. The van der Waals surface area contributed by atoms with E-state index in [-0.39, 0.29) is 0 Å². The molecule has 1 heterocycles. The van der Waals surface area contributed by atoms with Gasteiger partial charge in [0.2, 0.25) is 0 Å². The number of fused-ring (bicyclic) bond motifs is 1. The Bertz CT molecular complexity index is 465. The summed E-state index contributed by atoms with van der Waals surface area (Å²) in [6.45, 7) is 0. The van der Waals surface area contributed by atoms with Crippen LogP contribution in [-0.4, -0.2) is 4.98 Å². The lowest BCUT2D eigenvalue weighted by atomic mass is 10.2. The van der Waals surface area contributed by atoms with Gasteiger partial charge in [0.15, 0.2) is 0 Å². The minimum atomic E-state index is 0.415. The molecule has 0 aliphatic heterocycles. The Balaban J connectivity index is 2.93. The zero-order valence-corrected chi connectivity index (χ0v) is 6.89. The fourth-order valence-electron chi connectivity index (χ4n) is 1.22. The number of rotatable bonds is 0. The van der Waals surface area contributed by atoms with Crippen LogP contribution in [0.3, 0.4) is 0 Å². The van der Waals surface area contributed by atoms with Gasteiger partial charge in [0.25, 0.3) is 0 Å². The van der Waals surface area contributed by atoms with Crippen LogP contribution in [0.5, 0.6) is 0 Å². The third kappa shape index (κ3) is 0.876. The van der Waals surface area contributed by atoms with Crippen molar-refractivity contribution in [2.75, 3.05) is 0 Å². The van der Waals surface area contributed by atoms with Crippen LogP contribution in [0.15, 0.2) is 24.3 Å². The summed E-state index contributed by atoms with van der Waals surface area (Å²) in [5.41, 5.74) is 1.42. The molecule has 1 N–H and O–H groups in total. The summed E-state index contributed by atoms with van der Waals surface area (Å²) >= 11 is 5.79. The maximum atomic E-state index is 8.75. The third-order valence-corrected chi connectivity index (χ3v) is 2.06. The molecule has 0 saturated heterocycles. The molecule has 3 heteroatoms. The van der Waals surface area contributed by atoms with Gasteiger partial charge in [-0.1, -0.05) is 29.8 Å². The topological polar surface area (TPSA) is 39.6 Å². The van der Waals surface area contributed by atoms with Crippen LogP contribution in [0.25, 0.3) is 10.9 Å². The van der Waals surface area contributed by atoms with E-state index in [9.17, 15) is 0 Å². The predicted octanol–water partition coefficient (Wildman–Crippen LogP) is 2.69. The highest BCUT2D eigenvalue weighted by atomic mass is 35.5. The number of aromatic nitrogens is 1. The highest BCUT2D eigenvalue weighted by Gasteiger charge is 2.06. The van der Waals surface area contributed by atoms with E-state index >= 15 is 0 Å². The van der Waals surface area contributed by atoms with Crippen molar-refractivity contribution in [2.45, 2.75) is 0 Å². The molecular weight excluding hydrogens is 172 g/mol. The number of hydrogen-bond donors (Lipinski definition) is 1. The molecule has 58 valence electrons. The Morgan fingerprint density at radius 3 is 2.83 bits per heavy atom. The number of nitrogens with zero attached hydrogens (tertiary/aromatic N) is 1. The first kappa shape index (κ1) is 7.20. The molecule has 0 spiro atoms. The van der Waals surface area contributed by atoms with Gasteiger partial charge in [-0.05, 0) is 6.07 Å². The Labute approximate surface area is 74.4 Å². The van der Waals surface area contributed by atoms with E-state index in [1.807, 2.05) is 24.3 Å². The van der Waals surface area contributed by atoms with Gasteiger partial charge in [-0.2, -0.15) is 5.26 Å². The van der Waals surface area contributed by atoms with Crippen molar-refractivity contribution in [1.82, 2.24) is 4.98 Å². The number of benzene rings is 1. The number of para-hydroxylation sites is 1. The van der Waals surface area contributed by atoms with E-state index in [0.29, 0.717) is 10.7 Å². The standard InChI is InChI=1S/C9H5ClN2/c10-9-7(5-11)6-3-1-2-4-8(6)12-9/h1-4,12H. The van der Waals surface area contributed by atoms with Gasteiger partial charge in [-0.25, -0.2) is 0 Å². The molecule has 0 unspecified atom stereocenters. The molecule has 2 nitrogen and oxygen atoms in total. The zero-order valence-electron chi connectivity index (χ0n) is 6.13. The maximum absolute atomic E-state index is 8.75. The van der Waals surface area contributed by atoms with E-state index in [2.05, 4.69) is 11.1 Å². The van der Waals surface area contributed by atoms with Crippen molar-refractivity contribution in [1.29, 1.82) is 5.26 Å². The molecule has 2 rings (SSSR count). The molecule has 1 aromatic heterocycles. The average molecular weight is 177 g/mol. The summed E-state index contributed by atoms with van der Waals surface area (Å²) in [4.78, 5) is 2.92. The van der Waals surface area contributed by atoms with Crippen LogP contribution in [0, 0.1) is 11.3 Å². The van der Waals surface area contributed by atoms with Crippen molar-refractivity contribution in [3.63, 3.8) is 0 Å². The number of nitrogens with one attached hydrogen (secondary N) is 1. The molecule has 0 amide bonds. The molecule has 0 saturated carbocycles. The van der Waals surface area contributed by atoms with Crippen LogP contribution < -0.4 is 0 Å². The largest absolute Gasteiger partial charge is 0.344 e. The summed E-state index contributed by atoms with van der Waals surface area (Å²) in [5, 5.41) is 10.0. The van der Waals surface area contributed by atoms with Crippen LogP contribution in [0.2, 0.25) is 5.15 Å². The van der Waals surface area contributed by atoms with E-state index in [1.165, 1.54) is 0 Å². The van der Waals surface area contributed by atoms with Gasteiger partial charge in [0.1, 0.15) is 11.2 Å². The van der Waals surface area contributed by atoms with E-state index in [0.717, 1.165) is 10.9 Å². The second kappa shape index (κ2) is 2.54. The third-order valence-electron chi connectivity index (χ3n) is 1.77. The fourth-order valence-corrected chi connectivity index (χ4v) is 1.46. The lowest BCUT2D eigenvalue weighted by molar-refractivity contribution is 1.44. The molecule has 12 heavy (non-hydrogen) atoms. The minimum Gasteiger partial charge on any atom is -0.344 e. The van der Waals surface area contributed by atoms with Crippen molar-refractivity contribution in [2.24, 2.45) is 0 Å². The molecule has 0 radical (unpaired) electrons. The van der Waals surface area contributed by atoms with Crippen molar-refractivity contribution in [3.05, 3.63) is 35.0 Å². The summed E-state index contributed by atoms with van der Waals surface area (Å²) in [7, 11) is 0. The van der Waals surface area contributed by atoms with E-state index in [4.69, 9.17) is 16.9 Å². The van der Waals surface area contributed by atoms with Gasteiger partial charge in [-0.3, -0.25) is 0 Å². The summed E-state index contributed by atoms with van der Waals surface area (Å²) in [6, 6.07) is 9.60. The molecule has 0 bridgehead atoms.